The predicted octanol–water partition coefficient (Wildman–Crippen LogP) is 0.897. The lowest BCUT2D eigenvalue weighted by Gasteiger charge is -2.18. The molecule has 0 saturated carbocycles. The smallest absolute Gasteiger partial charge is 0.287 e. The Morgan fingerprint density at radius 3 is 2.78 bits per heavy atom. The van der Waals surface area contributed by atoms with Gasteiger partial charge in [0.15, 0.2) is 0 Å². The van der Waals surface area contributed by atoms with E-state index in [1.807, 2.05) is 13.8 Å². The predicted molar refractivity (Wildman–Crippen MR) is 70.3 cm³/mol. The van der Waals surface area contributed by atoms with E-state index in [-0.39, 0.29) is 29.3 Å². The molecular formula is C11H18ClN3O3. The van der Waals surface area contributed by atoms with Crippen LogP contribution >= 0.6 is 11.6 Å². The fourth-order valence-corrected chi connectivity index (χ4v) is 1.66. The third-order valence-corrected chi connectivity index (χ3v) is 2.75. The summed E-state index contributed by atoms with van der Waals surface area (Å²) in [5.74, 6) is 0. The lowest BCUT2D eigenvalue weighted by atomic mass is 10.3. The molecule has 7 heteroatoms. The van der Waals surface area contributed by atoms with E-state index in [0.717, 1.165) is 0 Å². The van der Waals surface area contributed by atoms with Crippen molar-refractivity contribution in [1.82, 2.24) is 9.78 Å². The van der Waals surface area contributed by atoms with Crippen LogP contribution in [0.4, 0.5) is 5.69 Å². The number of methoxy groups -OCH3 is 1. The van der Waals surface area contributed by atoms with Gasteiger partial charge in [0.1, 0.15) is 5.02 Å². The van der Waals surface area contributed by atoms with Gasteiger partial charge in [0.2, 0.25) is 0 Å². The molecule has 0 aliphatic heterocycles. The SMILES string of the molecule is COCC(CO)Nc1cnn(C(C)C)c(=O)c1Cl. The highest BCUT2D eigenvalue weighted by molar-refractivity contribution is 6.32. The zero-order valence-corrected chi connectivity index (χ0v) is 11.4. The molecule has 0 amide bonds. The number of aromatic nitrogens is 2. The van der Waals surface area contributed by atoms with Gasteiger partial charge >= 0.3 is 0 Å². The molecule has 1 rings (SSSR count). The van der Waals surface area contributed by atoms with Crippen LogP contribution in [0.2, 0.25) is 5.02 Å². The normalized spacial score (nSPS) is 12.8. The number of ether oxygens (including phenoxy) is 1. The first kappa shape index (κ1) is 14.9. The number of anilines is 1. The summed E-state index contributed by atoms with van der Waals surface area (Å²) < 4.78 is 6.23. The molecule has 6 nitrogen and oxygen atoms in total. The minimum Gasteiger partial charge on any atom is -0.394 e. The van der Waals surface area contributed by atoms with Crippen LogP contribution in [-0.2, 0) is 4.74 Å². The minimum atomic E-state index is -0.356. The topological polar surface area (TPSA) is 76.4 Å². The Kier molecular flexibility index (Phi) is 5.58. The van der Waals surface area contributed by atoms with E-state index < -0.39 is 0 Å². The van der Waals surface area contributed by atoms with Crippen molar-refractivity contribution >= 4 is 17.3 Å². The summed E-state index contributed by atoms with van der Waals surface area (Å²) in [6.45, 7) is 3.87. The molecule has 0 aliphatic rings. The third-order valence-electron chi connectivity index (χ3n) is 2.38. The average molecular weight is 276 g/mol. The molecule has 0 saturated heterocycles. The molecule has 0 spiro atoms. The van der Waals surface area contributed by atoms with Gasteiger partial charge in [0.25, 0.3) is 5.56 Å². The summed E-state index contributed by atoms with van der Waals surface area (Å²) >= 11 is 5.99. The number of aliphatic hydroxyl groups excluding tert-OH is 1. The summed E-state index contributed by atoms with van der Waals surface area (Å²) in [5.41, 5.74) is 0.0421. The summed E-state index contributed by atoms with van der Waals surface area (Å²) in [6.07, 6.45) is 1.47. The van der Waals surface area contributed by atoms with Gasteiger partial charge in [0, 0.05) is 7.11 Å². The highest BCUT2D eigenvalue weighted by Crippen LogP contribution is 2.17. The number of hydrogen-bond acceptors (Lipinski definition) is 5. The van der Waals surface area contributed by atoms with E-state index in [1.165, 1.54) is 18.0 Å². The zero-order chi connectivity index (χ0) is 13.7. The maximum absolute atomic E-state index is 11.9. The monoisotopic (exact) mass is 275 g/mol. The second kappa shape index (κ2) is 6.72. The van der Waals surface area contributed by atoms with Crippen molar-refractivity contribution in [2.24, 2.45) is 0 Å². The van der Waals surface area contributed by atoms with Crippen molar-refractivity contribution in [1.29, 1.82) is 0 Å². The molecule has 0 aliphatic carbocycles. The molecule has 0 bridgehead atoms. The molecule has 2 N–H and O–H groups in total. The van der Waals surface area contributed by atoms with E-state index in [4.69, 9.17) is 21.4 Å². The van der Waals surface area contributed by atoms with Crippen LogP contribution < -0.4 is 10.9 Å². The van der Waals surface area contributed by atoms with E-state index in [9.17, 15) is 4.79 Å². The lowest BCUT2D eigenvalue weighted by molar-refractivity contribution is 0.153. The quantitative estimate of drug-likeness (QED) is 0.807. The van der Waals surface area contributed by atoms with Gasteiger partial charge in [-0.3, -0.25) is 4.79 Å². The molecule has 0 radical (unpaired) electrons. The van der Waals surface area contributed by atoms with Crippen molar-refractivity contribution < 1.29 is 9.84 Å². The maximum Gasteiger partial charge on any atom is 0.287 e. The first-order valence-electron chi connectivity index (χ1n) is 5.64. The fraction of sp³-hybridized carbons (Fsp3) is 0.636. The molecule has 1 atom stereocenters. The number of aliphatic hydroxyl groups is 1. The summed E-state index contributed by atoms with van der Waals surface area (Å²) in [7, 11) is 1.53. The van der Waals surface area contributed by atoms with Crippen LogP contribution in [-0.4, -0.2) is 41.3 Å². The van der Waals surface area contributed by atoms with Crippen LogP contribution in [0.15, 0.2) is 11.0 Å². The Balaban J connectivity index is 2.98. The van der Waals surface area contributed by atoms with Gasteiger partial charge in [-0.15, -0.1) is 0 Å². The largest absolute Gasteiger partial charge is 0.394 e. The van der Waals surface area contributed by atoms with Crippen molar-refractivity contribution in [2.45, 2.75) is 25.9 Å². The molecular weight excluding hydrogens is 258 g/mol. The van der Waals surface area contributed by atoms with Gasteiger partial charge < -0.3 is 15.2 Å². The first-order valence-corrected chi connectivity index (χ1v) is 6.02. The fourth-order valence-electron chi connectivity index (χ4n) is 1.47. The van der Waals surface area contributed by atoms with Gasteiger partial charge in [-0.2, -0.15) is 5.10 Å². The third kappa shape index (κ3) is 3.44. The highest BCUT2D eigenvalue weighted by atomic mass is 35.5. The molecule has 18 heavy (non-hydrogen) atoms. The molecule has 0 fully saturated rings. The maximum atomic E-state index is 11.9. The van der Waals surface area contributed by atoms with Crippen LogP contribution in [0, 0.1) is 0 Å². The molecule has 102 valence electrons. The van der Waals surface area contributed by atoms with E-state index >= 15 is 0 Å². The molecule has 1 aromatic heterocycles. The van der Waals surface area contributed by atoms with Crippen molar-refractivity contribution in [3.63, 3.8) is 0 Å². The van der Waals surface area contributed by atoms with E-state index in [2.05, 4.69) is 10.4 Å². The Bertz CT molecular complexity index is 448. The standard InChI is InChI=1S/C11H18ClN3O3/c1-7(2)15-11(17)10(12)9(4-13-15)14-8(5-16)6-18-3/h4,7-8,14,16H,5-6H2,1-3H3. The van der Waals surface area contributed by atoms with Crippen LogP contribution in [0.3, 0.4) is 0 Å². The number of nitrogens with one attached hydrogen (secondary N) is 1. The minimum absolute atomic E-state index is 0.0586. The Morgan fingerprint density at radius 1 is 1.61 bits per heavy atom. The lowest BCUT2D eigenvalue weighted by Crippen LogP contribution is -2.31. The van der Waals surface area contributed by atoms with Crippen LogP contribution in [0.25, 0.3) is 0 Å². The summed E-state index contributed by atoms with van der Waals surface area (Å²) in [5, 5.41) is 16.1. The number of nitrogens with zero attached hydrogens (tertiary/aromatic N) is 2. The second-order valence-corrected chi connectivity index (χ2v) is 4.57. The van der Waals surface area contributed by atoms with Gasteiger partial charge in [-0.1, -0.05) is 11.6 Å². The van der Waals surface area contributed by atoms with Gasteiger partial charge in [0.05, 0.1) is 37.2 Å². The first-order chi connectivity index (χ1) is 8.51. The van der Waals surface area contributed by atoms with Crippen molar-refractivity contribution in [2.75, 3.05) is 25.6 Å². The molecule has 1 unspecified atom stereocenters. The van der Waals surface area contributed by atoms with Crippen LogP contribution in [0.1, 0.15) is 19.9 Å². The molecule has 1 aromatic rings. The average Bonchev–Trinajstić information content (AvgIpc) is 2.33. The highest BCUT2D eigenvalue weighted by Gasteiger charge is 2.14. The van der Waals surface area contributed by atoms with Crippen molar-refractivity contribution in [3.05, 3.63) is 21.6 Å². The number of rotatable bonds is 6. The summed E-state index contributed by atoms with van der Waals surface area (Å²) in [4.78, 5) is 11.9. The number of halogens is 1. The van der Waals surface area contributed by atoms with Crippen molar-refractivity contribution in [3.8, 4) is 0 Å². The zero-order valence-electron chi connectivity index (χ0n) is 10.7. The van der Waals surface area contributed by atoms with Gasteiger partial charge in [-0.05, 0) is 13.8 Å². The Morgan fingerprint density at radius 2 is 2.28 bits per heavy atom. The van der Waals surface area contributed by atoms with E-state index in [0.29, 0.717) is 12.3 Å². The Hall–Kier alpha value is -1.11. The molecule has 0 aromatic carbocycles. The summed E-state index contributed by atoms with van der Waals surface area (Å²) in [6, 6.07) is -0.389. The Labute approximate surface area is 111 Å². The second-order valence-electron chi connectivity index (χ2n) is 4.19. The van der Waals surface area contributed by atoms with E-state index in [1.54, 1.807) is 0 Å². The number of hydrogen-bond donors (Lipinski definition) is 2. The van der Waals surface area contributed by atoms with Gasteiger partial charge in [-0.25, -0.2) is 4.68 Å². The van der Waals surface area contributed by atoms with Crippen LogP contribution in [0.5, 0.6) is 0 Å². The molecule has 1 heterocycles.